The third kappa shape index (κ3) is 3.63. The highest BCUT2D eigenvalue weighted by Crippen LogP contribution is 2.26. The van der Waals surface area contributed by atoms with Gasteiger partial charge in [0.05, 0.1) is 11.1 Å². The Bertz CT molecular complexity index is 1220. The Balaban J connectivity index is 1.49. The standard InChI is InChI=1S/C22H20FN3O4/c1-12-9-18(14(3)26(12)17-7-5-16(23)6-8-17)22(27)28-11-20-24-25-21(30-20)19-10-13(2)29-15(19)4/h5-10H,11H2,1-4H3. The minimum Gasteiger partial charge on any atom is -0.466 e. The van der Waals surface area contributed by atoms with Crippen LogP contribution in [0.15, 0.2) is 45.2 Å². The first-order chi connectivity index (χ1) is 14.3. The van der Waals surface area contributed by atoms with Crippen molar-refractivity contribution in [3.63, 3.8) is 0 Å². The first kappa shape index (κ1) is 19.6. The molecule has 0 unspecified atom stereocenters. The van der Waals surface area contributed by atoms with Gasteiger partial charge in [-0.2, -0.15) is 0 Å². The van der Waals surface area contributed by atoms with Crippen LogP contribution >= 0.6 is 0 Å². The second-order valence-electron chi connectivity index (χ2n) is 7.00. The van der Waals surface area contributed by atoms with Crippen molar-refractivity contribution in [2.24, 2.45) is 0 Å². The summed E-state index contributed by atoms with van der Waals surface area (Å²) in [6, 6.07) is 9.61. The third-order valence-electron chi connectivity index (χ3n) is 4.80. The molecule has 7 nitrogen and oxygen atoms in total. The van der Waals surface area contributed by atoms with Crippen LogP contribution < -0.4 is 0 Å². The van der Waals surface area contributed by atoms with Gasteiger partial charge in [-0.3, -0.25) is 0 Å². The molecule has 1 aromatic carbocycles. The summed E-state index contributed by atoms with van der Waals surface area (Å²) < 4.78 is 31.5. The number of benzene rings is 1. The van der Waals surface area contributed by atoms with Crippen molar-refractivity contribution in [1.29, 1.82) is 0 Å². The van der Waals surface area contributed by atoms with Crippen LogP contribution in [0.4, 0.5) is 4.39 Å². The van der Waals surface area contributed by atoms with Crippen molar-refractivity contribution in [3.05, 3.63) is 76.6 Å². The summed E-state index contributed by atoms with van der Waals surface area (Å²) in [6.07, 6.45) is 0. The fourth-order valence-corrected chi connectivity index (χ4v) is 3.43. The van der Waals surface area contributed by atoms with Crippen LogP contribution in [0.2, 0.25) is 0 Å². The SMILES string of the molecule is Cc1cc(-c2nnc(COC(=O)c3cc(C)n(-c4ccc(F)cc4)c3C)o2)c(C)o1. The molecule has 0 aliphatic heterocycles. The van der Waals surface area contributed by atoms with E-state index in [-0.39, 0.29) is 18.3 Å². The molecule has 3 heterocycles. The Hall–Kier alpha value is -3.68. The van der Waals surface area contributed by atoms with Gasteiger partial charge in [0.2, 0.25) is 0 Å². The second-order valence-corrected chi connectivity index (χ2v) is 7.00. The van der Waals surface area contributed by atoms with E-state index in [1.54, 1.807) is 18.2 Å². The lowest BCUT2D eigenvalue weighted by molar-refractivity contribution is 0.0438. The number of carbonyl (C=O) groups is 1. The first-order valence-corrected chi connectivity index (χ1v) is 9.35. The molecule has 0 saturated carbocycles. The van der Waals surface area contributed by atoms with Crippen LogP contribution in [0.5, 0.6) is 0 Å². The molecule has 4 rings (SSSR count). The van der Waals surface area contributed by atoms with Crippen LogP contribution in [0.3, 0.4) is 0 Å². The number of furan rings is 1. The zero-order valence-corrected chi connectivity index (χ0v) is 17.0. The van der Waals surface area contributed by atoms with Gasteiger partial charge in [0.1, 0.15) is 17.3 Å². The molecule has 0 radical (unpaired) electrons. The van der Waals surface area contributed by atoms with E-state index < -0.39 is 5.97 Å². The predicted molar refractivity (Wildman–Crippen MR) is 106 cm³/mol. The summed E-state index contributed by atoms with van der Waals surface area (Å²) in [4.78, 5) is 12.6. The lowest BCUT2D eigenvalue weighted by Gasteiger charge is -2.09. The molecule has 0 N–H and O–H groups in total. The van der Waals surface area contributed by atoms with E-state index in [1.165, 1.54) is 12.1 Å². The van der Waals surface area contributed by atoms with Gasteiger partial charge in [0, 0.05) is 17.1 Å². The minimum atomic E-state index is -0.508. The van der Waals surface area contributed by atoms with Crippen LogP contribution in [0.1, 0.15) is 39.2 Å². The van der Waals surface area contributed by atoms with Crippen LogP contribution in [0.25, 0.3) is 17.1 Å². The number of nitrogens with zero attached hydrogens (tertiary/aromatic N) is 3. The van der Waals surface area contributed by atoms with Crippen LogP contribution in [-0.4, -0.2) is 20.7 Å². The van der Waals surface area contributed by atoms with Gasteiger partial charge in [-0.15, -0.1) is 10.2 Å². The molecule has 30 heavy (non-hydrogen) atoms. The average Bonchev–Trinajstić information content (AvgIpc) is 3.38. The van der Waals surface area contributed by atoms with Gasteiger partial charge in [0.15, 0.2) is 6.61 Å². The van der Waals surface area contributed by atoms with E-state index in [9.17, 15) is 9.18 Å². The topological polar surface area (TPSA) is 83.3 Å². The molecule has 3 aromatic heterocycles. The number of aromatic nitrogens is 3. The van der Waals surface area contributed by atoms with Crippen molar-refractivity contribution < 1.29 is 22.8 Å². The normalized spacial score (nSPS) is 11.1. The number of aryl methyl sites for hydroxylation is 3. The summed E-state index contributed by atoms with van der Waals surface area (Å²) in [5.41, 5.74) is 3.41. The Kier molecular flexibility index (Phi) is 4.99. The summed E-state index contributed by atoms with van der Waals surface area (Å²) in [6.45, 7) is 7.16. The first-order valence-electron chi connectivity index (χ1n) is 9.35. The van der Waals surface area contributed by atoms with Gasteiger partial charge in [-0.25, -0.2) is 9.18 Å². The number of rotatable bonds is 5. The highest BCUT2D eigenvalue weighted by Gasteiger charge is 2.20. The molecule has 0 saturated heterocycles. The summed E-state index contributed by atoms with van der Waals surface area (Å²) >= 11 is 0. The van der Waals surface area contributed by atoms with Crippen molar-refractivity contribution in [1.82, 2.24) is 14.8 Å². The zero-order chi connectivity index (χ0) is 21.4. The summed E-state index contributed by atoms with van der Waals surface area (Å²) in [5, 5.41) is 7.92. The molecule has 0 bridgehead atoms. The van der Waals surface area contributed by atoms with Crippen molar-refractivity contribution in [3.8, 4) is 17.1 Å². The quantitative estimate of drug-likeness (QED) is 0.438. The highest BCUT2D eigenvalue weighted by molar-refractivity contribution is 5.91. The van der Waals surface area contributed by atoms with E-state index in [0.29, 0.717) is 28.5 Å². The zero-order valence-electron chi connectivity index (χ0n) is 17.0. The van der Waals surface area contributed by atoms with E-state index in [4.69, 9.17) is 13.6 Å². The molecule has 0 amide bonds. The molecule has 0 spiro atoms. The molecular weight excluding hydrogens is 389 g/mol. The Morgan fingerprint density at radius 3 is 2.47 bits per heavy atom. The fraction of sp³-hybridized carbons (Fsp3) is 0.227. The Labute approximate surface area is 172 Å². The highest BCUT2D eigenvalue weighted by atomic mass is 19.1. The van der Waals surface area contributed by atoms with Crippen molar-refractivity contribution in [2.75, 3.05) is 0 Å². The number of hydrogen-bond acceptors (Lipinski definition) is 6. The third-order valence-corrected chi connectivity index (χ3v) is 4.80. The minimum absolute atomic E-state index is 0.151. The maximum atomic E-state index is 13.2. The number of esters is 1. The summed E-state index contributed by atoms with van der Waals surface area (Å²) in [5.74, 6) is 1.08. The van der Waals surface area contributed by atoms with E-state index >= 15 is 0 Å². The van der Waals surface area contributed by atoms with Gasteiger partial charge in [-0.05, 0) is 64.1 Å². The van der Waals surface area contributed by atoms with Crippen molar-refractivity contribution in [2.45, 2.75) is 34.3 Å². The molecule has 4 aromatic rings. The Morgan fingerprint density at radius 1 is 1.07 bits per heavy atom. The maximum absolute atomic E-state index is 13.2. The largest absolute Gasteiger partial charge is 0.466 e. The molecule has 8 heteroatoms. The number of hydrogen-bond donors (Lipinski definition) is 0. The second kappa shape index (κ2) is 7.62. The molecular formula is C22H20FN3O4. The van der Waals surface area contributed by atoms with E-state index in [0.717, 1.165) is 17.1 Å². The smallest absolute Gasteiger partial charge is 0.340 e. The van der Waals surface area contributed by atoms with Crippen LogP contribution in [0, 0.1) is 33.5 Å². The van der Waals surface area contributed by atoms with E-state index in [1.807, 2.05) is 38.3 Å². The molecule has 0 aliphatic rings. The van der Waals surface area contributed by atoms with Crippen molar-refractivity contribution >= 4 is 5.97 Å². The average molecular weight is 409 g/mol. The lowest BCUT2D eigenvalue weighted by atomic mass is 10.2. The molecule has 0 aliphatic carbocycles. The number of halogens is 1. The molecule has 154 valence electrons. The molecule has 0 fully saturated rings. The number of ether oxygens (including phenoxy) is 1. The Morgan fingerprint density at radius 2 is 1.80 bits per heavy atom. The summed E-state index contributed by atoms with van der Waals surface area (Å²) in [7, 11) is 0. The fourth-order valence-electron chi connectivity index (χ4n) is 3.43. The lowest BCUT2D eigenvalue weighted by Crippen LogP contribution is -2.07. The van der Waals surface area contributed by atoms with Crippen LogP contribution in [-0.2, 0) is 11.3 Å². The van der Waals surface area contributed by atoms with Gasteiger partial charge in [0.25, 0.3) is 11.8 Å². The maximum Gasteiger partial charge on any atom is 0.340 e. The predicted octanol–water partition coefficient (Wildman–Crippen LogP) is 4.85. The monoisotopic (exact) mass is 409 g/mol. The molecule has 0 atom stereocenters. The van der Waals surface area contributed by atoms with Gasteiger partial charge in [-0.1, -0.05) is 0 Å². The van der Waals surface area contributed by atoms with Gasteiger partial charge < -0.3 is 18.1 Å². The van der Waals surface area contributed by atoms with E-state index in [2.05, 4.69) is 10.2 Å². The number of carbonyl (C=O) groups excluding carboxylic acids is 1. The van der Waals surface area contributed by atoms with Gasteiger partial charge >= 0.3 is 5.97 Å².